The summed E-state index contributed by atoms with van der Waals surface area (Å²) in [4.78, 5) is 25.8. The first-order valence-electron chi connectivity index (χ1n) is 6.18. The smallest absolute Gasteiger partial charge is 0.418 e. The number of hydrogen-bond acceptors (Lipinski definition) is 5. The van der Waals surface area contributed by atoms with Gasteiger partial charge in [0.15, 0.2) is 0 Å². The second-order valence-electron chi connectivity index (χ2n) is 4.38. The van der Waals surface area contributed by atoms with Crippen molar-refractivity contribution in [2.75, 3.05) is 0 Å². The van der Waals surface area contributed by atoms with Gasteiger partial charge in [-0.25, -0.2) is 4.68 Å². The van der Waals surface area contributed by atoms with Gasteiger partial charge in [-0.15, -0.1) is 5.10 Å². The van der Waals surface area contributed by atoms with Crippen molar-refractivity contribution in [2.45, 2.75) is 19.3 Å². The molecule has 122 valence electrons. The van der Waals surface area contributed by atoms with Crippen molar-refractivity contribution in [2.24, 2.45) is 0 Å². The van der Waals surface area contributed by atoms with E-state index in [1.807, 2.05) is 0 Å². The van der Waals surface area contributed by atoms with Crippen molar-refractivity contribution in [3.63, 3.8) is 0 Å². The Balaban J connectivity index is 2.06. The molecule has 0 aliphatic rings. The van der Waals surface area contributed by atoms with Crippen LogP contribution in [0.4, 0.5) is 13.2 Å². The molecule has 0 fully saturated rings. The van der Waals surface area contributed by atoms with Gasteiger partial charge >= 0.3 is 12.1 Å². The topological polar surface area (TPSA) is 110 Å². The first-order chi connectivity index (χ1) is 10.8. The van der Waals surface area contributed by atoms with Crippen LogP contribution in [0, 0.1) is 0 Å². The highest BCUT2D eigenvalue weighted by Crippen LogP contribution is 2.30. The number of alkyl halides is 3. The lowest BCUT2D eigenvalue weighted by Gasteiger charge is -2.10. The number of carboxylic acid groups (broad SMARTS) is 1. The first kappa shape index (κ1) is 16.4. The van der Waals surface area contributed by atoms with E-state index in [0.29, 0.717) is 0 Å². The summed E-state index contributed by atoms with van der Waals surface area (Å²) in [7, 11) is 0. The molecule has 0 unspecified atom stereocenters. The van der Waals surface area contributed by atoms with Crippen LogP contribution in [-0.2, 0) is 24.1 Å². The summed E-state index contributed by atoms with van der Waals surface area (Å²) in [6.07, 6.45) is -2.36. The monoisotopic (exact) mass is 329 g/mol. The molecule has 0 aliphatic carbocycles. The summed E-state index contributed by atoms with van der Waals surface area (Å²) in [6, 6.07) is 1.84. The molecule has 2 rings (SSSR count). The van der Waals surface area contributed by atoms with Crippen LogP contribution in [-0.4, -0.2) is 37.0 Å². The van der Waals surface area contributed by atoms with Crippen molar-refractivity contribution in [1.29, 1.82) is 0 Å². The van der Waals surface area contributed by atoms with Crippen LogP contribution >= 0.6 is 0 Å². The highest BCUT2D eigenvalue weighted by molar-refractivity contribution is 5.93. The Kier molecular flexibility index (Phi) is 4.57. The molecule has 0 radical (unpaired) electrons. The molecule has 8 nitrogen and oxygen atoms in total. The molecule has 0 aliphatic heterocycles. The lowest BCUT2D eigenvalue weighted by Crippen LogP contribution is -2.27. The summed E-state index contributed by atoms with van der Waals surface area (Å²) in [5.74, 6) is -2.15. The highest BCUT2D eigenvalue weighted by Gasteiger charge is 2.35. The number of hydrogen-bond donors (Lipinski definition) is 2. The van der Waals surface area contributed by atoms with Gasteiger partial charge in [0.1, 0.15) is 17.9 Å². The number of carbonyl (C=O) groups is 2. The van der Waals surface area contributed by atoms with Crippen LogP contribution < -0.4 is 5.32 Å². The quantitative estimate of drug-likeness (QED) is 0.836. The lowest BCUT2D eigenvalue weighted by molar-refractivity contribution is -0.139. The maximum absolute atomic E-state index is 12.8. The third-order valence-corrected chi connectivity index (χ3v) is 2.64. The van der Waals surface area contributed by atoms with Gasteiger partial charge in [0.2, 0.25) is 0 Å². The third kappa shape index (κ3) is 4.25. The largest absolute Gasteiger partial charge is 0.480 e. The van der Waals surface area contributed by atoms with Gasteiger partial charge in [-0.2, -0.15) is 13.2 Å². The van der Waals surface area contributed by atoms with Gasteiger partial charge in [0, 0.05) is 6.20 Å². The predicted octanol–water partition coefficient (Wildman–Crippen LogP) is 0.706. The van der Waals surface area contributed by atoms with E-state index >= 15 is 0 Å². The van der Waals surface area contributed by atoms with Gasteiger partial charge in [0.05, 0.1) is 18.3 Å². The summed E-state index contributed by atoms with van der Waals surface area (Å²) in [5, 5.41) is 17.9. The molecule has 0 bridgehead atoms. The Hall–Kier alpha value is -2.98. The predicted molar refractivity (Wildman–Crippen MR) is 68.1 cm³/mol. The summed E-state index contributed by atoms with van der Waals surface area (Å²) < 4.78 is 39.4. The molecule has 2 aromatic rings. The Labute approximate surface area is 126 Å². The maximum Gasteiger partial charge on any atom is 0.418 e. The van der Waals surface area contributed by atoms with Gasteiger partial charge in [-0.1, -0.05) is 5.21 Å². The molecular formula is C12H10F3N5O3. The second-order valence-corrected chi connectivity index (χ2v) is 4.38. The van der Waals surface area contributed by atoms with Crippen LogP contribution in [0.2, 0.25) is 0 Å². The zero-order valence-electron chi connectivity index (χ0n) is 11.4. The Bertz CT molecular complexity index is 729. The second kappa shape index (κ2) is 6.42. The molecule has 0 atom stereocenters. The number of aromatic nitrogens is 4. The number of aliphatic carboxylic acids is 1. The van der Waals surface area contributed by atoms with Crippen molar-refractivity contribution in [3.05, 3.63) is 41.5 Å². The summed E-state index contributed by atoms with van der Waals surface area (Å²) >= 11 is 0. The molecular weight excluding hydrogens is 319 g/mol. The molecule has 2 heterocycles. The average molecular weight is 329 g/mol. The molecule has 0 spiro atoms. The number of rotatable bonds is 5. The van der Waals surface area contributed by atoms with E-state index < -0.39 is 35.9 Å². The number of nitrogens with zero attached hydrogens (tertiary/aromatic N) is 4. The SMILES string of the molecule is O=C(O)Cn1cc(CNC(=O)c2ncccc2C(F)(F)F)nn1. The standard InChI is InChI=1S/C12H10F3N5O3/c13-12(14,15)8-2-1-3-16-10(8)11(23)17-4-7-5-20(19-18-7)6-9(21)22/h1-3,5H,4,6H2,(H,17,23)(H,21,22). The maximum atomic E-state index is 12.8. The van der Waals surface area contributed by atoms with E-state index in [1.54, 1.807) is 0 Å². The Morgan fingerprint density at radius 1 is 1.35 bits per heavy atom. The summed E-state index contributed by atoms with van der Waals surface area (Å²) in [5.41, 5.74) is -1.70. The van der Waals surface area contributed by atoms with Crippen LogP contribution in [0.25, 0.3) is 0 Å². The minimum absolute atomic E-state index is 0.198. The Morgan fingerprint density at radius 3 is 2.74 bits per heavy atom. The van der Waals surface area contributed by atoms with Gasteiger partial charge < -0.3 is 10.4 Å². The van der Waals surface area contributed by atoms with E-state index in [0.717, 1.165) is 23.0 Å². The number of halogens is 3. The zero-order valence-corrected chi connectivity index (χ0v) is 11.4. The van der Waals surface area contributed by atoms with E-state index in [1.165, 1.54) is 6.20 Å². The van der Waals surface area contributed by atoms with Crippen molar-refractivity contribution in [3.8, 4) is 0 Å². The van der Waals surface area contributed by atoms with E-state index in [2.05, 4.69) is 20.6 Å². The zero-order chi connectivity index (χ0) is 17.0. The molecule has 0 saturated carbocycles. The fraction of sp³-hybridized carbons (Fsp3) is 0.250. The lowest BCUT2D eigenvalue weighted by atomic mass is 10.1. The van der Waals surface area contributed by atoms with Gasteiger partial charge in [0.25, 0.3) is 5.91 Å². The Morgan fingerprint density at radius 2 is 2.09 bits per heavy atom. The van der Waals surface area contributed by atoms with Crippen LogP contribution in [0.15, 0.2) is 24.5 Å². The van der Waals surface area contributed by atoms with Crippen LogP contribution in [0.1, 0.15) is 21.7 Å². The fourth-order valence-corrected chi connectivity index (χ4v) is 1.70. The fourth-order valence-electron chi connectivity index (χ4n) is 1.70. The van der Waals surface area contributed by atoms with E-state index in [4.69, 9.17) is 5.11 Å². The number of amides is 1. The summed E-state index contributed by atoms with van der Waals surface area (Å²) in [6.45, 7) is -0.633. The minimum atomic E-state index is -4.70. The average Bonchev–Trinajstić information content (AvgIpc) is 2.90. The van der Waals surface area contributed by atoms with E-state index in [9.17, 15) is 22.8 Å². The van der Waals surface area contributed by atoms with Crippen LogP contribution in [0.3, 0.4) is 0 Å². The first-order valence-corrected chi connectivity index (χ1v) is 6.18. The molecule has 0 aromatic carbocycles. The normalized spacial score (nSPS) is 11.3. The van der Waals surface area contributed by atoms with E-state index in [-0.39, 0.29) is 12.2 Å². The number of pyridine rings is 1. The molecule has 2 aromatic heterocycles. The number of nitrogens with one attached hydrogen (secondary N) is 1. The van der Waals surface area contributed by atoms with Crippen molar-refractivity contribution >= 4 is 11.9 Å². The number of carbonyl (C=O) groups excluding carboxylic acids is 1. The molecule has 23 heavy (non-hydrogen) atoms. The molecule has 0 saturated heterocycles. The van der Waals surface area contributed by atoms with Crippen molar-refractivity contribution < 1.29 is 27.9 Å². The highest BCUT2D eigenvalue weighted by atomic mass is 19.4. The minimum Gasteiger partial charge on any atom is -0.480 e. The van der Waals surface area contributed by atoms with Crippen molar-refractivity contribution in [1.82, 2.24) is 25.3 Å². The van der Waals surface area contributed by atoms with Crippen LogP contribution in [0.5, 0.6) is 0 Å². The third-order valence-electron chi connectivity index (χ3n) is 2.64. The molecule has 2 N–H and O–H groups in total. The van der Waals surface area contributed by atoms with Gasteiger partial charge in [-0.3, -0.25) is 14.6 Å². The van der Waals surface area contributed by atoms with Gasteiger partial charge in [-0.05, 0) is 12.1 Å². The molecule has 11 heteroatoms. The number of carboxylic acids is 1. The molecule has 1 amide bonds.